The minimum Gasteiger partial charge on any atom is -0.494 e. The van der Waals surface area contributed by atoms with E-state index in [1.807, 2.05) is 0 Å². The SMILES string of the molecule is COc1cc(C(=O)N2CCCN(C(=O)CCNS(C)(=O)=O)CC2)ccc1F. The summed E-state index contributed by atoms with van der Waals surface area (Å²) in [5.74, 6) is -0.944. The lowest BCUT2D eigenvalue weighted by Gasteiger charge is -2.22. The van der Waals surface area contributed by atoms with Crippen LogP contribution in [0.1, 0.15) is 23.2 Å². The van der Waals surface area contributed by atoms with Crippen LogP contribution in [0.3, 0.4) is 0 Å². The average molecular weight is 401 g/mol. The Kier molecular flexibility index (Phi) is 7.14. The summed E-state index contributed by atoms with van der Waals surface area (Å²) >= 11 is 0. The van der Waals surface area contributed by atoms with Gasteiger partial charge in [0.2, 0.25) is 15.9 Å². The quantitative estimate of drug-likeness (QED) is 0.747. The predicted octanol–water partition coefficient (Wildman–Crippen LogP) is 0.448. The minimum atomic E-state index is -3.33. The van der Waals surface area contributed by atoms with E-state index in [1.54, 1.807) is 9.80 Å². The van der Waals surface area contributed by atoms with E-state index in [0.717, 1.165) is 6.26 Å². The number of hydrogen-bond donors (Lipinski definition) is 1. The maximum Gasteiger partial charge on any atom is 0.254 e. The van der Waals surface area contributed by atoms with Crippen molar-refractivity contribution in [3.05, 3.63) is 29.6 Å². The van der Waals surface area contributed by atoms with Crippen molar-refractivity contribution in [3.8, 4) is 5.75 Å². The van der Waals surface area contributed by atoms with Crippen molar-refractivity contribution < 1.29 is 27.1 Å². The zero-order chi connectivity index (χ0) is 20.0. The highest BCUT2D eigenvalue weighted by atomic mass is 32.2. The second-order valence-corrected chi connectivity index (χ2v) is 8.13. The summed E-state index contributed by atoms with van der Waals surface area (Å²) in [6, 6.07) is 3.96. The van der Waals surface area contributed by atoms with E-state index in [0.29, 0.717) is 38.2 Å². The van der Waals surface area contributed by atoms with Crippen LogP contribution < -0.4 is 9.46 Å². The maximum atomic E-state index is 13.5. The normalized spacial score (nSPS) is 15.4. The topological polar surface area (TPSA) is 96.0 Å². The standard InChI is InChI=1S/C17H24FN3O5S/c1-26-15-12-13(4-5-14(15)18)17(23)21-9-3-8-20(10-11-21)16(22)6-7-19-27(2,24)25/h4-5,12,19H,3,6-11H2,1-2H3. The van der Waals surface area contributed by atoms with Gasteiger partial charge in [0.15, 0.2) is 11.6 Å². The summed E-state index contributed by atoms with van der Waals surface area (Å²) < 4.78 is 42.8. The molecular weight excluding hydrogens is 377 g/mol. The first kappa shape index (κ1) is 21.1. The van der Waals surface area contributed by atoms with Gasteiger partial charge in [-0.1, -0.05) is 0 Å². The lowest BCUT2D eigenvalue weighted by molar-refractivity contribution is -0.130. The fraction of sp³-hybridized carbons (Fsp3) is 0.529. The predicted molar refractivity (Wildman–Crippen MR) is 97.5 cm³/mol. The third-order valence-corrected chi connectivity index (χ3v) is 4.97. The van der Waals surface area contributed by atoms with E-state index in [1.165, 1.54) is 25.3 Å². The van der Waals surface area contributed by atoms with Gasteiger partial charge < -0.3 is 14.5 Å². The molecule has 1 fully saturated rings. The molecule has 0 aliphatic carbocycles. The van der Waals surface area contributed by atoms with E-state index in [4.69, 9.17) is 4.74 Å². The molecule has 27 heavy (non-hydrogen) atoms. The zero-order valence-electron chi connectivity index (χ0n) is 15.4. The van der Waals surface area contributed by atoms with Crippen molar-refractivity contribution in [2.75, 3.05) is 46.1 Å². The number of rotatable bonds is 6. The third kappa shape index (κ3) is 6.17. The lowest BCUT2D eigenvalue weighted by Crippen LogP contribution is -2.38. The molecule has 1 heterocycles. The number of nitrogens with one attached hydrogen (secondary N) is 1. The van der Waals surface area contributed by atoms with Crippen molar-refractivity contribution in [1.82, 2.24) is 14.5 Å². The molecule has 0 atom stereocenters. The Morgan fingerprint density at radius 3 is 2.52 bits per heavy atom. The van der Waals surface area contributed by atoms with Gasteiger partial charge in [0.05, 0.1) is 13.4 Å². The summed E-state index contributed by atoms with van der Waals surface area (Å²) in [6.07, 6.45) is 1.71. The van der Waals surface area contributed by atoms with Gasteiger partial charge >= 0.3 is 0 Å². The molecule has 10 heteroatoms. The molecule has 2 rings (SSSR count). The molecule has 1 aromatic carbocycles. The highest BCUT2D eigenvalue weighted by Crippen LogP contribution is 2.20. The van der Waals surface area contributed by atoms with Gasteiger partial charge in [0, 0.05) is 44.7 Å². The molecule has 0 unspecified atom stereocenters. The number of carbonyl (C=O) groups is 2. The highest BCUT2D eigenvalue weighted by molar-refractivity contribution is 7.88. The van der Waals surface area contributed by atoms with Crippen LogP contribution in [0.15, 0.2) is 18.2 Å². The number of nitrogens with zero attached hydrogens (tertiary/aromatic N) is 2. The molecule has 150 valence electrons. The van der Waals surface area contributed by atoms with Gasteiger partial charge in [-0.15, -0.1) is 0 Å². The van der Waals surface area contributed by atoms with E-state index in [-0.39, 0.29) is 30.5 Å². The number of amides is 2. The Bertz CT molecular complexity index is 800. The molecule has 0 spiro atoms. The smallest absolute Gasteiger partial charge is 0.254 e. The molecule has 1 aromatic rings. The second kappa shape index (κ2) is 9.14. The third-order valence-electron chi connectivity index (χ3n) is 4.24. The Hall–Kier alpha value is -2.20. The molecule has 1 aliphatic rings. The van der Waals surface area contributed by atoms with Crippen LogP contribution in [0.5, 0.6) is 5.75 Å². The first-order chi connectivity index (χ1) is 12.7. The molecule has 0 saturated carbocycles. The maximum absolute atomic E-state index is 13.5. The Balaban J connectivity index is 1.93. The Morgan fingerprint density at radius 2 is 1.85 bits per heavy atom. The molecule has 1 aliphatic heterocycles. The van der Waals surface area contributed by atoms with Crippen LogP contribution in [0.4, 0.5) is 4.39 Å². The van der Waals surface area contributed by atoms with Crippen LogP contribution in [0, 0.1) is 5.82 Å². The number of halogens is 1. The summed E-state index contributed by atoms with van der Waals surface area (Å²) in [4.78, 5) is 28.1. The van der Waals surface area contributed by atoms with Crippen molar-refractivity contribution >= 4 is 21.8 Å². The average Bonchev–Trinajstić information content (AvgIpc) is 2.86. The molecule has 0 bridgehead atoms. The number of methoxy groups -OCH3 is 1. The van der Waals surface area contributed by atoms with Crippen LogP contribution in [0.2, 0.25) is 0 Å². The molecule has 0 aromatic heterocycles. The summed E-state index contributed by atoms with van der Waals surface area (Å²) in [5, 5.41) is 0. The van der Waals surface area contributed by atoms with Crippen molar-refractivity contribution in [2.24, 2.45) is 0 Å². The number of hydrogen-bond acceptors (Lipinski definition) is 5. The van der Waals surface area contributed by atoms with Crippen molar-refractivity contribution in [1.29, 1.82) is 0 Å². The van der Waals surface area contributed by atoms with Gasteiger partial charge in [0.1, 0.15) is 0 Å². The van der Waals surface area contributed by atoms with Gasteiger partial charge in [0.25, 0.3) is 5.91 Å². The number of sulfonamides is 1. The van der Waals surface area contributed by atoms with Gasteiger partial charge in [-0.25, -0.2) is 17.5 Å². The zero-order valence-corrected chi connectivity index (χ0v) is 16.2. The minimum absolute atomic E-state index is 0.00542. The molecule has 1 saturated heterocycles. The van der Waals surface area contributed by atoms with Gasteiger partial charge in [-0.2, -0.15) is 0 Å². The van der Waals surface area contributed by atoms with Crippen molar-refractivity contribution in [2.45, 2.75) is 12.8 Å². The monoisotopic (exact) mass is 401 g/mol. The summed E-state index contributed by atoms with van der Waals surface area (Å²) in [7, 11) is -1.99. The molecule has 0 radical (unpaired) electrons. The highest BCUT2D eigenvalue weighted by Gasteiger charge is 2.23. The second-order valence-electron chi connectivity index (χ2n) is 6.29. The lowest BCUT2D eigenvalue weighted by atomic mass is 10.1. The van der Waals surface area contributed by atoms with Crippen LogP contribution in [0.25, 0.3) is 0 Å². The van der Waals surface area contributed by atoms with E-state index in [2.05, 4.69) is 4.72 Å². The summed E-state index contributed by atoms with van der Waals surface area (Å²) in [5.41, 5.74) is 0.324. The van der Waals surface area contributed by atoms with Gasteiger partial charge in [-0.3, -0.25) is 9.59 Å². The number of carbonyl (C=O) groups excluding carboxylic acids is 2. The van der Waals surface area contributed by atoms with E-state index < -0.39 is 15.8 Å². The molecule has 8 nitrogen and oxygen atoms in total. The van der Waals surface area contributed by atoms with Crippen LogP contribution in [-0.2, 0) is 14.8 Å². The fourth-order valence-corrected chi connectivity index (χ4v) is 3.32. The first-order valence-electron chi connectivity index (χ1n) is 8.56. The van der Waals surface area contributed by atoms with Crippen LogP contribution >= 0.6 is 0 Å². The Morgan fingerprint density at radius 1 is 1.19 bits per heavy atom. The Labute approximate surface area is 158 Å². The molecular formula is C17H24FN3O5S. The molecule has 1 N–H and O–H groups in total. The fourth-order valence-electron chi connectivity index (χ4n) is 2.85. The van der Waals surface area contributed by atoms with E-state index in [9.17, 15) is 22.4 Å². The number of ether oxygens (including phenoxy) is 1. The largest absolute Gasteiger partial charge is 0.494 e. The first-order valence-corrected chi connectivity index (χ1v) is 10.5. The van der Waals surface area contributed by atoms with Crippen molar-refractivity contribution in [3.63, 3.8) is 0 Å². The number of benzene rings is 1. The van der Waals surface area contributed by atoms with Gasteiger partial charge in [-0.05, 0) is 24.6 Å². The molecule has 2 amide bonds. The van der Waals surface area contributed by atoms with Crippen LogP contribution in [-0.4, -0.2) is 76.1 Å². The summed E-state index contributed by atoms with van der Waals surface area (Å²) in [6.45, 7) is 1.73. The van der Waals surface area contributed by atoms with E-state index >= 15 is 0 Å².